The smallest absolute Gasteiger partial charge is 0.152 e. The molecule has 0 amide bonds. The predicted molar refractivity (Wildman–Crippen MR) is 62.1 cm³/mol. The third kappa shape index (κ3) is 1.24. The molecule has 0 radical (unpaired) electrons. The van der Waals surface area contributed by atoms with Crippen molar-refractivity contribution < 1.29 is 9.53 Å². The van der Waals surface area contributed by atoms with Gasteiger partial charge in [-0.05, 0) is 25.0 Å². The zero-order valence-corrected chi connectivity index (χ0v) is 9.14. The molecule has 1 aromatic carbocycles. The van der Waals surface area contributed by atoms with Crippen molar-refractivity contribution >= 4 is 17.2 Å². The topological polar surface area (TPSA) is 31.2 Å². The van der Waals surface area contributed by atoms with Gasteiger partial charge in [0, 0.05) is 17.8 Å². The first kappa shape index (κ1) is 9.46. The van der Waals surface area contributed by atoms with Gasteiger partial charge in [0.05, 0.1) is 18.0 Å². The Bertz CT molecular complexity index is 552. The zero-order chi connectivity index (χ0) is 11.1. The van der Waals surface area contributed by atoms with E-state index >= 15 is 0 Å². The molecule has 1 fully saturated rings. The number of aromatic nitrogens is 1. The van der Waals surface area contributed by atoms with Gasteiger partial charge in [0.2, 0.25) is 0 Å². The van der Waals surface area contributed by atoms with Crippen LogP contribution in [-0.4, -0.2) is 18.0 Å². The van der Waals surface area contributed by atoms with E-state index in [1.807, 2.05) is 24.4 Å². The molecule has 3 nitrogen and oxygen atoms in total. The van der Waals surface area contributed by atoms with Crippen LogP contribution in [0.2, 0.25) is 0 Å². The summed E-state index contributed by atoms with van der Waals surface area (Å²) >= 11 is 0. The summed E-state index contributed by atoms with van der Waals surface area (Å²) in [6.07, 6.45) is 5.26. The number of nitrogens with zero attached hydrogens (tertiary/aromatic N) is 1. The maximum atomic E-state index is 11.1. The third-order valence-electron chi connectivity index (χ3n) is 3.14. The van der Waals surface area contributed by atoms with E-state index in [0.717, 1.165) is 28.5 Å². The maximum absolute atomic E-state index is 11.1. The van der Waals surface area contributed by atoms with Crippen molar-refractivity contribution in [3.63, 3.8) is 0 Å². The van der Waals surface area contributed by atoms with Crippen LogP contribution in [0.25, 0.3) is 10.9 Å². The standard InChI is InChI=1S/C13H13NO2/c1-16-12-4-2-3-11-13(12)9(8-15)7-14(11)10-5-6-10/h2-4,7-8,10H,5-6H2,1H3. The van der Waals surface area contributed by atoms with Gasteiger partial charge in [-0.2, -0.15) is 0 Å². The number of carbonyl (C=O) groups is 1. The highest BCUT2D eigenvalue weighted by Crippen LogP contribution is 2.40. The van der Waals surface area contributed by atoms with Crippen molar-refractivity contribution in [1.29, 1.82) is 0 Å². The fourth-order valence-electron chi connectivity index (χ4n) is 2.22. The molecule has 0 atom stereocenters. The van der Waals surface area contributed by atoms with Crippen LogP contribution in [0.5, 0.6) is 5.75 Å². The van der Waals surface area contributed by atoms with Crippen molar-refractivity contribution in [2.75, 3.05) is 7.11 Å². The number of hydrogen-bond acceptors (Lipinski definition) is 2. The van der Waals surface area contributed by atoms with Crippen molar-refractivity contribution in [1.82, 2.24) is 4.57 Å². The Morgan fingerprint density at radius 3 is 2.88 bits per heavy atom. The average molecular weight is 215 g/mol. The van der Waals surface area contributed by atoms with Gasteiger partial charge >= 0.3 is 0 Å². The van der Waals surface area contributed by atoms with Crippen LogP contribution in [-0.2, 0) is 0 Å². The minimum Gasteiger partial charge on any atom is -0.496 e. The number of methoxy groups -OCH3 is 1. The molecule has 3 heteroatoms. The predicted octanol–water partition coefficient (Wildman–Crippen LogP) is 2.80. The van der Waals surface area contributed by atoms with Crippen molar-refractivity contribution in [3.8, 4) is 5.75 Å². The lowest BCUT2D eigenvalue weighted by Gasteiger charge is -2.04. The molecule has 0 unspecified atom stereocenters. The molecule has 1 saturated carbocycles. The molecule has 16 heavy (non-hydrogen) atoms. The fourth-order valence-corrected chi connectivity index (χ4v) is 2.22. The van der Waals surface area contributed by atoms with Crippen molar-refractivity contribution in [3.05, 3.63) is 30.0 Å². The Hall–Kier alpha value is -1.77. The average Bonchev–Trinajstić information content (AvgIpc) is 3.10. The fraction of sp³-hybridized carbons (Fsp3) is 0.308. The van der Waals surface area contributed by atoms with E-state index in [0.29, 0.717) is 6.04 Å². The Morgan fingerprint density at radius 2 is 2.25 bits per heavy atom. The molecule has 0 spiro atoms. The first-order valence-electron chi connectivity index (χ1n) is 5.48. The zero-order valence-electron chi connectivity index (χ0n) is 9.14. The van der Waals surface area contributed by atoms with Crippen LogP contribution in [0.3, 0.4) is 0 Å². The van der Waals surface area contributed by atoms with Gasteiger partial charge in [-0.15, -0.1) is 0 Å². The van der Waals surface area contributed by atoms with Crippen LogP contribution in [0, 0.1) is 0 Å². The molecular formula is C13H13NO2. The Labute approximate surface area is 93.6 Å². The number of ether oxygens (including phenoxy) is 1. The molecule has 1 heterocycles. The molecule has 3 rings (SSSR count). The highest BCUT2D eigenvalue weighted by Gasteiger charge is 2.26. The van der Waals surface area contributed by atoms with Crippen molar-refractivity contribution in [2.45, 2.75) is 18.9 Å². The highest BCUT2D eigenvalue weighted by atomic mass is 16.5. The summed E-state index contributed by atoms with van der Waals surface area (Å²) in [5, 5.41) is 0.937. The molecule has 82 valence electrons. The van der Waals surface area contributed by atoms with Gasteiger partial charge in [0.1, 0.15) is 5.75 Å². The first-order chi connectivity index (χ1) is 7.85. The van der Waals surface area contributed by atoms with E-state index in [9.17, 15) is 4.79 Å². The van der Waals surface area contributed by atoms with Crippen molar-refractivity contribution in [2.24, 2.45) is 0 Å². The summed E-state index contributed by atoms with van der Waals surface area (Å²) in [5.74, 6) is 0.777. The van der Waals surface area contributed by atoms with Crippen LogP contribution in [0.1, 0.15) is 29.2 Å². The molecule has 0 aliphatic heterocycles. The number of benzene rings is 1. The van der Waals surface area contributed by atoms with Crippen LogP contribution in [0.15, 0.2) is 24.4 Å². The second-order valence-corrected chi connectivity index (χ2v) is 4.20. The minimum absolute atomic E-state index is 0.573. The molecule has 1 aromatic heterocycles. The summed E-state index contributed by atoms with van der Waals surface area (Å²) in [6, 6.07) is 6.48. The third-order valence-corrected chi connectivity index (χ3v) is 3.14. The lowest BCUT2D eigenvalue weighted by molar-refractivity contribution is 0.112. The van der Waals surface area contributed by atoms with E-state index < -0.39 is 0 Å². The quantitative estimate of drug-likeness (QED) is 0.737. The Morgan fingerprint density at radius 1 is 1.44 bits per heavy atom. The van der Waals surface area contributed by atoms with E-state index in [4.69, 9.17) is 4.74 Å². The second-order valence-electron chi connectivity index (χ2n) is 4.20. The minimum atomic E-state index is 0.573. The molecule has 2 aromatic rings. The molecule has 0 N–H and O–H groups in total. The van der Waals surface area contributed by atoms with Crippen LogP contribution in [0.4, 0.5) is 0 Å². The molecule has 1 aliphatic rings. The summed E-state index contributed by atoms with van der Waals surface area (Å²) in [7, 11) is 1.64. The Balaban J connectivity index is 2.34. The first-order valence-corrected chi connectivity index (χ1v) is 5.48. The van der Waals surface area contributed by atoms with Gasteiger partial charge in [-0.1, -0.05) is 6.07 Å². The molecule has 0 bridgehead atoms. The van der Waals surface area contributed by atoms with E-state index in [1.165, 1.54) is 12.8 Å². The molecule has 1 aliphatic carbocycles. The maximum Gasteiger partial charge on any atom is 0.152 e. The van der Waals surface area contributed by atoms with Gasteiger partial charge < -0.3 is 9.30 Å². The number of aldehydes is 1. The van der Waals surface area contributed by atoms with Gasteiger partial charge in [-0.3, -0.25) is 4.79 Å². The number of carbonyl (C=O) groups excluding carboxylic acids is 1. The summed E-state index contributed by atoms with van der Waals surface area (Å²) in [5.41, 5.74) is 1.82. The largest absolute Gasteiger partial charge is 0.496 e. The van der Waals surface area contributed by atoms with E-state index in [2.05, 4.69) is 4.57 Å². The summed E-state index contributed by atoms with van der Waals surface area (Å²) in [4.78, 5) is 11.1. The number of fused-ring (bicyclic) bond motifs is 1. The highest BCUT2D eigenvalue weighted by molar-refractivity contribution is 6.01. The lowest BCUT2D eigenvalue weighted by Crippen LogP contribution is -1.90. The number of hydrogen-bond donors (Lipinski definition) is 0. The van der Waals surface area contributed by atoms with Gasteiger partial charge in [-0.25, -0.2) is 0 Å². The van der Waals surface area contributed by atoms with E-state index in [1.54, 1.807) is 7.11 Å². The Kier molecular flexibility index (Phi) is 1.99. The van der Waals surface area contributed by atoms with Crippen LogP contribution >= 0.6 is 0 Å². The summed E-state index contributed by atoms with van der Waals surface area (Å²) < 4.78 is 7.51. The molecule has 0 saturated heterocycles. The number of rotatable bonds is 3. The normalized spacial score (nSPS) is 15.3. The SMILES string of the molecule is COc1cccc2c1c(C=O)cn2C1CC1. The van der Waals surface area contributed by atoms with Crippen LogP contribution < -0.4 is 4.74 Å². The second kappa shape index (κ2) is 3.37. The monoisotopic (exact) mass is 215 g/mol. The molecular weight excluding hydrogens is 202 g/mol. The van der Waals surface area contributed by atoms with E-state index in [-0.39, 0.29) is 0 Å². The van der Waals surface area contributed by atoms with Gasteiger partial charge in [0.15, 0.2) is 6.29 Å². The summed E-state index contributed by atoms with van der Waals surface area (Å²) in [6.45, 7) is 0. The van der Waals surface area contributed by atoms with Gasteiger partial charge in [0.25, 0.3) is 0 Å². The lowest BCUT2D eigenvalue weighted by atomic mass is 10.2.